The number of fused-ring (bicyclic) bond motifs is 6. The third kappa shape index (κ3) is 4.56. The van der Waals surface area contributed by atoms with Crippen molar-refractivity contribution in [1.29, 1.82) is 0 Å². The predicted molar refractivity (Wildman–Crippen MR) is 205 cm³/mol. The minimum absolute atomic E-state index is 0.147. The van der Waals surface area contributed by atoms with E-state index in [2.05, 4.69) is 194 Å². The van der Waals surface area contributed by atoms with E-state index in [1.165, 1.54) is 82.8 Å². The summed E-state index contributed by atoms with van der Waals surface area (Å²) < 4.78 is 4.77. The van der Waals surface area contributed by atoms with Crippen LogP contribution in [-0.2, 0) is 5.41 Å². The second-order valence-corrected chi connectivity index (χ2v) is 13.9. The molecule has 0 atom stereocenters. The maximum absolute atomic E-state index is 2.40. The van der Waals surface area contributed by atoms with Crippen molar-refractivity contribution in [3.8, 4) is 33.6 Å². The Morgan fingerprint density at radius 2 is 0.729 bits per heavy atom. The van der Waals surface area contributed by atoms with Crippen molar-refractivity contribution >= 4 is 43.6 Å². The number of rotatable bonds is 4. The molecule has 0 radical (unpaired) electrons. The molecule has 2 aromatic heterocycles. The zero-order valence-electron chi connectivity index (χ0n) is 27.5. The highest BCUT2D eigenvalue weighted by Crippen LogP contribution is 2.38. The van der Waals surface area contributed by atoms with Crippen LogP contribution in [0.2, 0.25) is 0 Å². The van der Waals surface area contributed by atoms with Crippen LogP contribution in [0, 0.1) is 0 Å². The molecule has 0 N–H and O–H groups in total. The molecule has 0 aliphatic heterocycles. The molecule has 0 bridgehead atoms. The summed E-state index contributed by atoms with van der Waals surface area (Å²) in [6.45, 7) is 6.78. The first-order valence-corrected chi connectivity index (χ1v) is 16.8. The van der Waals surface area contributed by atoms with Gasteiger partial charge in [-0.15, -0.1) is 0 Å². The first kappa shape index (κ1) is 28.4. The van der Waals surface area contributed by atoms with Gasteiger partial charge in [0.2, 0.25) is 0 Å². The molecule has 2 nitrogen and oxygen atoms in total. The van der Waals surface area contributed by atoms with Crippen molar-refractivity contribution < 1.29 is 0 Å². The number of benzene rings is 7. The normalized spacial score (nSPS) is 12.1. The Morgan fingerprint density at radius 1 is 0.333 bits per heavy atom. The van der Waals surface area contributed by atoms with Crippen molar-refractivity contribution in [2.75, 3.05) is 0 Å². The van der Waals surface area contributed by atoms with Crippen LogP contribution in [-0.4, -0.2) is 9.13 Å². The molecule has 48 heavy (non-hydrogen) atoms. The second kappa shape index (κ2) is 10.9. The van der Waals surface area contributed by atoms with Crippen LogP contribution in [0.1, 0.15) is 26.3 Å². The highest BCUT2D eigenvalue weighted by Gasteiger charge is 2.17. The van der Waals surface area contributed by atoms with Crippen molar-refractivity contribution in [3.63, 3.8) is 0 Å². The summed E-state index contributed by atoms with van der Waals surface area (Å²) in [4.78, 5) is 0. The van der Waals surface area contributed by atoms with Crippen molar-refractivity contribution in [2.24, 2.45) is 0 Å². The Labute approximate surface area is 281 Å². The lowest BCUT2D eigenvalue weighted by Gasteiger charge is -2.19. The van der Waals surface area contributed by atoms with Gasteiger partial charge in [0.1, 0.15) is 0 Å². The molecule has 230 valence electrons. The molecule has 0 saturated carbocycles. The maximum atomic E-state index is 2.40. The van der Waals surface area contributed by atoms with E-state index in [4.69, 9.17) is 0 Å². The maximum Gasteiger partial charge on any atom is 0.0541 e. The summed E-state index contributed by atoms with van der Waals surface area (Å²) in [6.07, 6.45) is 0. The quantitative estimate of drug-likeness (QED) is 0.186. The average molecular weight is 617 g/mol. The second-order valence-electron chi connectivity index (χ2n) is 13.9. The van der Waals surface area contributed by atoms with Gasteiger partial charge in [0, 0.05) is 32.9 Å². The molecule has 9 aromatic rings. The fourth-order valence-corrected chi connectivity index (χ4v) is 7.40. The van der Waals surface area contributed by atoms with Crippen LogP contribution in [0.15, 0.2) is 164 Å². The van der Waals surface area contributed by atoms with Gasteiger partial charge in [0.15, 0.2) is 0 Å². The number of nitrogens with zero attached hydrogens (tertiary/aromatic N) is 2. The lowest BCUT2D eigenvalue weighted by atomic mass is 9.86. The minimum Gasteiger partial charge on any atom is -0.309 e. The zero-order chi connectivity index (χ0) is 32.4. The van der Waals surface area contributed by atoms with Crippen LogP contribution in [0.3, 0.4) is 0 Å². The van der Waals surface area contributed by atoms with Gasteiger partial charge >= 0.3 is 0 Å². The van der Waals surface area contributed by atoms with Gasteiger partial charge in [0.05, 0.1) is 22.1 Å². The largest absolute Gasteiger partial charge is 0.309 e. The van der Waals surface area contributed by atoms with Gasteiger partial charge in [-0.1, -0.05) is 124 Å². The Hall–Kier alpha value is -5.86. The highest BCUT2D eigenvalue weighted by atomic mass is 15.0. The van der Waals surface area contributed by atoms with E-state index in [0.717, 1.165) is 0 Å². The van der Waals surface area contributed by atoms with Crippen LogP contribution >= 0.6 is 0 Å². The summed E-state index contributed by atoms with van der Waals surface area (Å²) in [7, 11) is 0. The molecule has 9 rings (SSSR count). The average Bonchev–Trinajstić information content (AvgIpc) is 3.64. The summed E-state index contributed by atoms with van der Waals surface area (Å²) in [6, 6.07) is 60.0. The first-order valence-electron chi connectivity index (χ1n) is 16.8. The summed E-state index contributed by atoms with van der Waals surface area (Å²) >= 11 is 0. The number of hydrogen-bond donors (Lipinski definition) is 0. The highest BCUT2D eigenvalue weighted by molar-refractivity contribution is 6.12. The minimum atomic E-state index is 0.147. The SMILES string of the molecule is CC(C)(C)c1ccc(-c2ccc(-n3c4ccccc4c4cc(-c5ccc6c(c5)c5ccccc5n6-c5ccccc5)ccc43)cc2)cc1. The van der Waals surface area contributed by atoms with E-state index in [0.29, 0.717) is 0 Å². The molecule has 2 heterocycles. The van der Waals surface area contributed by atoms with Crippen LogP contribution < -0.4 is 0 Å². The lowest BCUT2D eigenvalue weighted by molar-refractivity contribution is 0.590. The van der Waals surface area contributed by atoms with E-state index in [1.54, 1.807) is 0 Å². The van der Waals surface area contributed by atoms with Crippen LogP contribution in [0.5, 0.6) is 0 Å². The van der Waals surface area contributed by atoms with E-state index in [9.17, 15) is 0 Å². The van der Waals surface area contributed by atoms with Gasteiger partial charge in [-0.25, -0.2) is 0 Å². The first-order chi connectivity index (χ1) is 23.4. The lowest BCUT2D eigenvalue weighted by Crippen LogP contribution is -2.10. The third-order valence-corrected chi connectivity index (χ3v) is 9.90. The molecule has 0 unspecified atom stereocenters. The van der Waals surface area contributed by atoms with Crippen molar-refractivity contribution in [1.82, 2.24) is 9.13 Å². The summed E-state index contributed by atoms with van der Waals surface area (Å²) in [5.74, 6) is 0. The Morgan fingerprint density at radius 3 is 1.23 bits per heavy atom. The molecule has 0 fully saturated rings. The molecule has 0 aliphatic rings. The standard InChI is InChI=1S/C46H36N2/c1-46(2,3)35-23-17-31(18-24-35)32-19-25-37(26-20-32)48-43-16-10-8-14-39(43)41-30-34(22-28-45(41)48)33-21-27-44-40(29-33)38-13-7-9-15-42(38)47(44)36-11-5-4-6-12-36/h4-30H,1-3H3. The van der Waals surface area contributed by atoms with Gasteiger partial charge < -0.3 is 9.13 Å². The van der Waals surface area contributed by atoms with Crippen molar-refractivity contribution in [3.05, 3.63) is 169 Å². The summed E-state index contributed by atoms with van der Waals surface area (Å²) in [5, 5.41) is 5.06. The van der Waals surface area contributed by atoms with Crippen molar-refractivity contribution in [2.45, 2.75) is 26.2 Å². The van der Waals surface area contributed by atoms with Gasteiger partial charge in [-0.2, -0.15) is 0 Å². The van der Waals surface area contributed by atoms with Gasteiger partial charge in [-0.3, -0.25) is 0 Å². The number of aromatic nitrogens is 2. The Bertz CT molecular complexity index is 2610. The molecule has 0 saturated heterocycles. The smallest absolute Gasteiger partial charge is 0.0541 e. The van der Waals surface area contributed by atoms with Crippen LogP contribution in [0.4, 0.5) is 0 Å². The van der Waals surface area contributed by atoms with Gasteiger partial charge in [0.25, 0.3) is 0 Å². The molecule has 0 amide bonds. The fraction of sp³-hybridized carbons (Fsp3) is 0.0870. The number of para-hydroxylation sites is 3. The monoisotopic (exact) mass is 616 g/mol. The molecule has 2 heteroatoms. The Kier molecular flexibility index (Phi) is 6.42. The predicted octanol–water partition coefficient (Wildman–Crippen LogP) is 12.5. The van der Waals surface area contributed by atoms with E-state index in [1.807, 2.05) is 0 Å². The third-order valence-electron chi connectivity index (χ3n) is 9.90. The zero-order valence-corrected chi connectivity index (χ0v) is 27.5. The van der Waals surface area contributed by atoms with E-state index < -0.39 is 0 Å². The van der Waals surface area contributed by atoms with E-state index in [-0.39, 0.29) is 5.41 Å². The topological polar surface area (TPSA) is 9.86 Å². The summed E-state index contributed by atoms with van der Waals surface area (Å²) in [5.41, 5.74) is 13.6. The molecule has 0 spiro atoms. The fourth-order valence-electron chi connectivity index (χ4n) is 7.40. The molecular weight excluding hydrogens is 581 g/mol. The molecule has 7 aromatic carbocycles. The Balaban J connectivity index is 1.14. The number of hydrogen-bond acceptors (Lipinski definition) is 0. The molecule has 0 aliphatic carbocycles. The van der Waals surface area contributed by atoms with Gasteiger partial charge in [-0.05, 0) is 93.9 Å². The van der Waals surface area contributed by atoms with E-state index >= 15 is 0 Å². The molecular formula is C46H36N2. The van der Waals surface area contributed by atoms with Crippen LogP contribution in [0.25, 0.3) is 77.2 Å².